The first-order chi connectivity index (χ1) is 12.0. The summed E-state index contributed by atoms with van der Waals surface area (Å²) in [5, 5.41) is 4.47. The van der Waals surface area contributed by atoms with Crippen molar-refractivity contribution in [3.8, 4) is 0 Å². The van der Waals surface area contributed by atoms with E-state index in [2.05, 4.69) is 10.6 Å². The normalized spacial score (nSPS) is 19.8. The smallest absolute Gasteiger partial charge is 0.326 e. The fraction of sp³-hybridized carbons (Fsp3) is 0.471. The summed E-state index contributed by atoms with van der Waals surface area (Å²) >= 11 is 0. The fourth-order valence-corrected chi connectivity index (χ4v) is 2.89. The molecule has 0 aromatic heterocycles. The number of carbonyl (C=O) groups excluding carboxylic acids is 3. The predicted molar refractivity (Wildman–Crippen MR) is 88.5 cm³/mol. The van der Waals surface area contributed by atoms with Crippen molar-refractivity contribution in [3.63, 3.8) is 0 Å². The SMILES string of the molecule is CCOC(=O)[C@H]1CCC[NH+](CC(=O)NC(=O)Nc2ccccc2F)C1. The molecule has 1 aromatic carbocycles. The van der Waals surface area contributed by atoms with Crippen molar-refractivity contribution in [2.75, 3.05) is 31.6 Å². The monoisotopic (exact) mass is 352 g/mol. The van der Waals surface area contributed by atoms with Crippen molar-refractivity contribution < 1.29 is 28.4 Å². The van der Waals surface area contributed by atoms with Crippen LogP contribution in [0.5, 0.6) is 0 Å². The molecular formula is C17H23FN3O4+. The minimum Gasteiger partial charge on any atom is -0.466 e. The first-order valence-corrected chi connectivity index (χ1v) is 8.35. The molecule has 3 amide bonds. The highest BCUT2D eigenvalue weighted by Gasteiger charge is 2.31. The highest BCUT2D eigenvalue weighted by Crippen LogP contribution is 2.12. The molecule has 0 spiro atoms. The van der Waals surface area contributed by atoms with Gasteiger partial charge in [-0.15, -0.1) is 0 Å². The minimum atomic E-state index is -0.784. The Morgan fingerprint density at radius 3 is 2.80 bits per heavy atom. The molecule has 1 fully saturated rings. The third-order valence-corrected chi connectivity index (χ3v) is 4.02. The average Bonchev–Trinajstić information content (AvgIpc) is 2.57. The lowest BCUT2D eigenvalue weighted by atomic mass is 9.98. The number of hydrogen-bond donors (Lipinski definition) is 3. The number of carbonyl (C=O) groups is 3. The molecule has 0 bridgehead atoms. The number of rotatable bonds is 5. The van der Waals surface area contributed by atoms with E-state index in [0.717, 1.165) is 24.3 Å². The molecule has 3 N–H and O–H groups in total. The van der Waals surface area contributed by atoms with E-state index in [1.165, 1.54) is 18.2 Å². The van der Waals surface area contributed by atoms with Crippen LogP contribution in [0.25, 0.3) is 0 Å². The number of para-hydroxylation sites is 1. The first-order valence-electron chi connectivity index (χ1n) is 8.35. The largest absolute Gasteiger partial charge is 0.466 e. The Morgan fingerprint density at radius 1 is 1.32 bits per heavy atom. The summed E-state index contributed by atoms with van der Waals surface area (Å²) in [6, 6.07) is 4.91. The van der Waals surface area contributed by atoms with Crippen LogP contribution in [0.3, 0.4) is 0 Å². The number of halogens is 1. The number of hydrogen-bond acceptors (Lipinski definition) is 4. The molecule has 25 heavy (non-hydrogen) atoms. The van der Waals surface area contributed by atoms with Crippen molar-refractivity contribution in [1.29, 1.82) is 0 Å². The summed E-state index contributed by atoms with van der Waals surface area (Å²) < 4.78 is 18.5. The van der Waals surface area contributed by atoms with Gasteiger partial charge in [-0.2, -0.15) is 0 Å². The number of piperidine rings is 1. The van der Waals surface area contributed by atoms with Crippen molar-refractivity contribution in [2.45, 2.75) is 19.8 Å². The lowest BCUT2D eigenvalue weighted by Gasteiger charge is -2.28. The van der Waals surface area contributed by atoms with Gasteiger partial charge in [-0.05, 0) is 31.9 Å². The van der Waals surface area contributed by atoms with Gasteiger partial charge >= 0.3 is 12.0 Å². The lowest BCUT2D eigenvalue weighted by molar-refractivity contribution is -0.899. The molecule has 136 valence electrons. The van der Waals surface area contributed by atoms with Crippen LogP contribution in [-0.2, 0) is 14.3 Å². The van der Waals surface area contributed by atoms with Gasteiger partial charge in [0.05, 0.1) is 25.4 Å². The minimum absolute atomic E-state index is 0.000458. The van der Waals surface area contributed by atoms with Gasteiger partial charge in [0.2, 0.25) is 0 Å². The maximum Gasteiger partial charge on any atom is 0.326 e. The van der Waals surface area contributed by atoms with Crippen LogP contribution in [0.2, 0.25) is 0 Å². The van der Waals surface area contributed by atoms with Gasteiger partial charge in [0.1, 0.15) is 11.7 Å². The molecule has 1 aliphatic heterocycles. The summed E-state index contributed by atoms with van der Waals surface area (Å²) in [5.41, 5.74) is 0.000458. The van der Waals surface area contributed by atoms with Gasteiger partial charge in [0.25, 0.3) is 5.91 Å². The number of quaternary nitrogens is 1. The fourth-order valence-electron chi connectivity index (χ4n) is 2.89. The molecule has 1 saturated heterocycles. The van der Waals surface area contributed by atoms with Crippen LogP contribution in [0.1, 0.15) is 19.8 Å². The van der Waals surface area contributed by atoms with Crippen LogP contribution in [0.4, 0.5) is 14.9 Å². The maximum absolute atomic E-state index is 13.5. The summed E-state index contributed by atoms with van der Waals surface area (Å²) in [6.45, 7) is 3.41. The van der Waals surface area contributed by atoms with Crippen molar-refractivity contribution in [1.82, 2.24) is 5.32 Å². The van der Waals surface area contributed by atoms with Gasteiger partial charge in [0.15, 0.2) is 6.54 Å². The Morgan fingerprint density at radius 2 is 2.08 bits per heavy atom. The van der Waals surface area contributed by atoms with E-state index >= 15 is 0 Å². The molecule has 1 aliphatic rings. The second kappa shape index (κ2) is 9.12. The number of benzene rings is 1. The zero-order valence-electron chi connectivity index (χ0n) is 14.1. The summed E-state index contributed by atoms with van der Waals surface area (Å²) in [4.78, 5) is 36.5. The standard InChI is InChI=1S/C17H22FN3O4/c1-2-25-16(23)12-6-5-9-21(10-12)11-15(22)20-17(24)19-14-8-4-3-7-13(14)18/h3-4,7-8,12H,2,5-6,9-11H2,1H3,(H2,19,20,22,24)/p+1/t12-/m0/s1. The zero-order chi connectivity index (χ0) is 18.2. The second-order valence-corrected chi connectivity index (χ2v) is 5.95. The summed E-state index contributed by atoms with van der Waals surface area (Å²) in [7, 11) is 0. The molecular weight excluding hydrogens is 329 g/mol. The lowest BCUT2D eigenvalue weighted by Crippen LogP contribution is -3.14. The molecule has 1 aromatic rings. The van der Waals surface area contributed by atoms with Crippen LogP contribution < -0.4 is 15.5 Å². The van der Waals surface area contributed by atoms with Gasteiger partial charge in [-0.1, -0.05) is 12.1 Å². The van der Waals surface area contributed by atoms with E-state index in [0.29, 0.717) is 13.2 Å². The number of esters is 1. The van der Waals surface area contributed by atoms with Crippen molar-refractivity contribution in [3.05, 3.63) is 30.1 Å². The van der Waals surface area contributed by atoms with E-state index < -0.39 is 17.8 Å². The molecule has 0 saturated carbocycles. The average molecular weight is 352 g/mol. The number of amides is 3. The molecule has 8 heteroatoms. The van der Waals surface area contributed by atoms with E-state index in [1.807, 2.05) is 0 Å². The third kappa shape index (κ3) is 5.82. The predicted octanol–water partition coefficient (Wildman–Crippen LogP) is 0.332. The Kier molecular flexibility index (Phi) is 6.88. The number of imide groups is 1. The molecule has 2 rings (SSSR count). The topological polar surface area (TPSA) is 88.9 Å². The first kappa shape index (κ1) is 18.9. The Bertz CT molecular complexity index is 638. The van der Waals surface area contributed by atoms with Crippen molar-refractivity contribution >= 4 is 23.6 Å². The highest BCUT2D eigenvalue weighted by atomic mass is 19.1. The van der Waals surface area contributed by atoms with E-state index in [4.69, 9.17) is 4.74 Å². The van der Waals surface area contributed by atoms with E-state index in [9.17, 15) is 18.8 Å². The molecule has 1 heterocycles. The van der Waals surface area contributed by atoms with E-state index in [1.54, 1.807) is 13.0 Å². The molecule has 1 unspecified atom stereocenters. The maximum atomic E-state index is 13.5. The van der Waals surface area contributed by atoms with Crippen LogP contribution in [-0.4, -0.2) is 44.1 Å². The number of nitrogens with one attached hydrogen (secondary N) is 3. The quantitative estimate of drug-likeness (QED) is 0.667. The Labute approximate surface area is 145 Å². The third-order valence-electron chi connectivity index (χ3n) is 4.02. The Hall–Kier alpha value is -2.48. The Balaban J connectivity index is 1.80. The molecule has 0 aliphatic carbocycles. The van der Waals surface area contributed by atoms with Gasteiger partial charge in [-0.3, -0.25) is 14.9 Å². The number of likely N-dealkylation sites (tertiary alicyclic amines) is 1. The zero-order valence-corrected chi connectivity index (χ0v) is 14.1. The van der Waals surface area contributed by atoms with Crippen LogP contribution >= 0.6 is 0 Å². The summed E-state index contributed by atoms with van der Waals surface area (Å²) in [5.74, 6) is -1.52. The van der Waals surface area contributed by atoms with Crippen molar-refractivity contribution in [2.24, 2.45) is 5.92 Å². The highest BCUT2D eigenvalue weighted by molar-refractivity contribution is 6.01. The van der Waals surface area contributed by atoms with Crippen LogP contribution in [0, 0.1) is 11.7 Å². The molecule has 2 atom stereocenters. The molecule has 7 nitrogen and oxygen atoms in total. The molecule has 0 radical (unpaired) electrons. The number of urea groups is 1. The second-order valence-electron chi connectivity index (χ2n) is 5.95. The van der Waals surface area contributed by atoms with Gasteiger partial charge in [0, 0.05) is 0 Å². The summed E-state index contributed by atoms with van der Waals surface area (Å²) in [6.07, 6.45) is 1.56. The number of anilines is 1. The van der Waals surface area contributed by atoms with Gasteiger partial charge < -0.3 is 15.0 Å². The van der Waals surface area contributed by atoms with Gasteiger partial charge in [-0.25, -0.2) is 9.18 Å². The number of ether oxygens (including phenoxy) is 1. The van der Waals surface area contributed by atoms with E-state index in [-0.39, 0.29) is 24.1 Å². The van der Waals surface area contributed by atoms with Crippen LogP contribution in [0.15, 0.2) is 24.3 Å².